The number of carbonyl (C=O) groups excluding carboxylic acids is 1. The SMILES string of the molecule is Cc1ccccc1N(CCCC(=O)N(C)C)CCC(=O)O. The molecule has 0 heterocycles. The topological polar surface area (TPSA) is 60.9 Å². The molecule has 1 rings (SSSR count). The summed E-state index contributed by atoms with van der Waals surface area (Å²) in [5.74, 6) is -0.712. The molecule has 1 aromatic carbocycles. The highest BCUT2D eigenvalue weighted by molar-refractivity contribution is 5.75. The molecule has 5 heteroatoms. The average molecular weight is 292 g/mol. The molecule has 1 N–H and O–H groups in total. The quantitative estimate of drug-likeness (QED) is 0.797. The Bertz CT molecular complexity index is 486. The van der Waals surface area contributed by atoms with Crippen molar-refractivity contribution in [1.82, 2.24) is 4.90 Å². The Morgan fingerprint density at radius 1 is 1.10 bits per heavy atom. The van der Waals surface area contributed by atoms with Crippen molar-refractivity contribution in [3.63, 3.8) is 0 Å². The molecule has 0 bridgehead atoms. The lowest BCUT2D eigenvalue weighted by atomic mass is 10.1. The van der Waals surface area contributed by atoms with Gasteiger partial charge in [0.05, 0.1) is 6.42 Å². The van der Waals surface area contributed by atoms with Crippen molar-refractivity contribution in [3.05, 3.63) is 29.8 Å². The van der Waals surface area contributed by atoms with Crippen LogP contribution in [-0.4, -0.2) is 49.1 Å². The summed E-state index contributed by atoms with van der Waals surface area (Å²) in [5, 5.41) is 8.88. The maximum Gasteiger partial charge on any atom is 0.305 e. The molecule has 21 heavy (non-hydrogen) atoms. The van der Waals surface area contributed by atoms with Gasteiger partial charge in [0.15, 0.2) is 0 Å². The van der Waals surface area contributed by atoms with Crippen LogP contribution >= 0.6 is 0 Å². The molecule has 0 atom stereocenters. The fourth-order valence-corrected chi connectivity index (χ4v) is 2.15. The number of hydrogen-bond donors (Lipinski definition) is 1. The van der Waals surface area contributed by atoms with Gasteiger partial charge < -0.3 is 14.9 Å². The standard InChI is InChI=1S/C16H24N2O3/c1-13-7-4-5-8-14(13)18(12-10-16(20)21)11-6-9-15(19)17(2)3/h4-5,7-8H,6,9-12H2,1-3H3,(H,20,21). The van der Waals surface area contributed by atoms with Crippen LogP contribution in [0.4, 0.5) is 5.69 Å². The summed E-state index contributed by atoms with van der Waals surface area (Å²) in [7, 11) is 3.48. The van der Waals surface area contributed by atoms with Gasteiger partial charge in [-0.1, -0.05) is 18.2 Å². The van der Waals surface area contributed by atoms with Crippen LogP contribution in [0.15, 0.2) is 24.3 Å². The summed E-state index contributed by atoms with van der Waals surface area (Å²) in [6, 6.07) is 7.91. The van der Waals surface area contributed by atoms with Crippen LogP contribution in [0.5, 0.6) is 0 Å². The molecule has 0 saturated carbocycles. The number of amides is 1. The van der Waals surface area contributed by atoms with Crippen molar-refractivity contribution in [2.45, 2.75) is 26.2 Å². The first-order valence-corrected chi connectivity index (χ1v) is 7.14. The van der Waals surface area contributed by atoms with Gasteiger partial charge in [0.1, 0.15) is 0 Å². The lowest BCUT2D eigenvalue weighted by molar-refractivity contribution is -0.136. The summed E-state index contributed by atoms with van der Waals surface area (Å²) in [5.41, 5.74) is 2.15. The molecule has 0 aromatic heterocycles. The highest BCUT2D eigenvalue weighted by Gasteiger charge is 2.12. The van der Waals surface area contributed by atoms with Crippen molar-refractivity contribution >= 4 is 17.6 Å². The van der Waals surface area contributed by atoms with Gasteiger partial charge >= 0.3 is 5.97 Å². The van der Waals surface area contributed by atoms with Crippen LogP contribution in [0.2, 0.25) is 0 Å². The van der Waals surface area contributed by atoms with E-state index in [0.717, 1.165) is 11.3 Å². The summed E-state index contributed by atoms with van der Waals surface area (Å²) in [6.07, 6.45) is 1.28. The summed E-state index contributed by atoms with van der Waals surface area (Å²) >= 11 is 0. The third-order valence-electron chi connectivity index (χ3n) is 3.37. The molecule has 0 aliphatic rings. The molecule has 0 aliphatic heterocycles. The fourth-order valence-electron chi connectivity index (χ4n) is 2.15. The number of hydrogen-bond acceptors (Lipinski definition) is 3. The van der Waals surface area contributed by atoms with Gasteiger partial charge in [0.2, 0.25) is 5.91 Å². The number of para-hydroxylation sites is 1. The second kappa shape index (κ2) is 8.29. The van der Waals surface area contributed by atoms with Gasteiger partial charge in [-0.2, -0.15) is 0 Å². The number of carboxylic acid groups (broad SMARTS) is 1. The average Bonchev–Trinajstić information content (AvgIpc) is 2.43. The van der Waals surface area contributed by atoms with E-state index in [9.17, 15) is 9.59 Å². The van der Waals surface area contributed by atoms with E-state index in [2.05, 4.69) is 0 Å². The highest BCUT2D eigenvalue weighted by Crippen LogP contribution is 2.20. The minimum atomic E-state index is -0.807. The second-order valence-electron chi connectivity index (χ2n) is 5.31. The van der Waals surface area contributed by atoms with E-state index in [1.54, 1.807) is 19.0 Å². The number of aryl methyl sites for hydroxylation is 1. The molecular weight excluding hydrogens is 268 g/mol. The zero-order valence-corrected chi connectivity index (χ0v) is 13.0. The maximum absolute atomic E-state index is 11.6. The number of aliphatic carboxylic acids is 1. The Balaban J connectivity index is 2.67. The van der Waals surface area contributed by atoms with E-state index in [-0.39, 0.29) is 12.3 Å². The van der Waals surface area contributed by atoms with Crippen LogP contribution in [0.3, 0.4) is 0 Å². The van der Waals surface area contributed by atoms with E-state index in [1.165, 1.54) is 0 Å². The Morgan fingerprint density at radius 3 is 2.33 bits per heavy atom. The first-order valence-electron chi connectivity index (χ1n) is 7.14. The summed E-state index contributed by atoms with van der Waals surface area (Å²) < 4.78 is 0. The number of nitrogens with zero attached hydrogens (tertiary/aromatic N) is 2. The van der Waals surface area contributed by atoms with Crippen LogP contribution in [0, 0.1) is 6.92 Å². The zero-order chi connectivity index (χ0) is 15.8. The third kappa shape index (κ3) is 5.85. The summed E-state index contributed by atoms with van der Waals surface area (Å²) in [4.78, 5) is 26.0. The lowest BCUT2D eigenvalue weighted by Gasteiger charge is -2.26. The van der Waals surface area contributed by atoms with Crippen molar-refractivity contribution in [3.8, 4) is 0 Å². The Labute approximate surface area is 126 Å². The molecule has 1 amide bonds. The van der Waals surface area contributed by atoms with Crippen molar-refractivity contribution in [1.29, 1.82) is 0 Å². The van der Waals surface area contributed by atoms with Gasteiger partial charge in [-0.25, -0.2) is 0 Å². The second-order valence-corrected chi connectivity index (χ2v) is 5.31. The smallest absolute Gasteiger partial charge is 0.305 e. The zero-order valence-electron chi connectivity index (χ0n) is 13.0. The van der Waals surface area contributed by atoms with Gasteiger partial charge in [-0.15, -0.1) is 0 Å². The number of rotatable bonds is 8. The van der Waals surface area contributed by atoms with E-state index in [0.29, 0.717) is 25.9 Å². The number of carbonyl (C=O) groups is 2. The van der Waals surface area contributed by atoms with Gasteiger partial charge in [0.25, 0.3) is 0 Å². The molecule has 0 fully saturated rings. The molecule has 1 aromatic rings. The molecular formula is C16H24N2O3. The van der Waals surface area contributed by atoms with Crippen LogP contribution in [0.25, 0.3) is 0 Å². The molecule has 116 valence electrons. The monoisotopic (exact) mass is 292 g/mol. The van der Waals surface area contributed by atoms with E-state index in [4.69, 9.17) is 5.11 Å². The predicted octanol–water partition coefficient (Wildman–Crippen LogP) is 2.14. The predicted molar refractivity (Wildman–Crippen MR) is 83.6 cm³/mol. The summed E-state index contributed by atoms with van der Waals surface area (Å²) in [6.45, 7) is 3.14. The number of benzene rings is 1. The fraction of sp³-hybridized carbons (Fsp3) is 0.500. The van der Waals surface area contributed by atoms with Gasteiger partial charge in [-0.3, -0.25) is 9.59 Å². The third-order valence-corrected chi connectivity index (χ3v) is 3.37. The Hall–Kier alpha value is -2.04. The van der Waals surface area contributed by atoms with Crippen molar-refractivity contribution in [2.75, 3.05) is 32.1 Å². The van der Waals surface area contributed by atoms with Crippen LogP contribution < -0.4 is 4.90 Å². The maximum atomic E-state index is 11.6. The van der Waals surface area contributed by atoms with E-state index in [1.807, 2.05) is 36.1 Å². The minimum absolute atomic E-state index is 0.0932. The Morgan fingerprint density at radius 2 is 1.76 bits per heavy atom. The molecule has 0 unspecified atom stereocenters. The Kier molecular flexibility index (Phi) is 6.72. The normalized spacial score (nSPS) is 10.2. The van der Waals surface area contributed by atoms with Crippen LogP contribution in [-0.2, 0) is 9.59 Å². The molecule has 0 saturated heterocycles. The number of anilines is 1. The van der Waals surface area contributed by atoms with Crippen LogP contribution in [0.1, 0.15) is 24.8 Å². The lowest BCUT2D eigenvalue weighted by Crippen LogP contribution is -2.29. The first kappa shape index (κ1) is 17.0. The van der Waals surface area contributed by atoms with Crippen molar-refractivity contribution < 1.29 is 14.7 Å². The van der Waals surface area contributed by atoms with E-state index < -0.39 is 5.97 Å². The van der Waals surface area contributed by atoms with Gasteiger partial charge in [-0.05, 0) is 25.0 Å². The van der Waals surface area contributed by atoms with Crippen molar-refractivity contribution in [2.24, 2.45) is 0 Å². The first-order chi connectivity index (χ1) is 9.91. The molecule has 0 radical (unpaired) electrons. The van der Waals surface area contributed by atoms with E-state index >= 15 is 0 Å². The molecule has 0 spiro atoms. The van der Waals surface area contributed by atoms with Gasteiger partial charge in [0, 0.05) is 39.3 Å². The molecule has 0 aliphatic carbocycles. The number of carboxylic acids is 1. The molecule has 5 nitrogen and oxygen atoms in total. The largest absolute Gasteiger partial charge is 0.481 e. The highest BCUT2D eigenvalue weighted by atomic mass is 16.4. The minimum Gasteiger partial charge on any atom is -0.481 e.